The molecule has 0 saturated carbocycles. The minimum absolute atomic E-state index is 0.347. The summed E-state index contributed by atoms with van der Waals surface area (Å²) in [4.78, 5) is 34.3. The number of alkyl halides is 10. The first-order valence-electron chi connectivity index (χ1n) is 13.0. The zero-order valence-electron chi connectivity index (χ0n) is 25.8. The summed E-state index contributed by atoms with van der Waals surface area (Å²) in [5.74, 6) is -3.51. The first-order chi connectivity index (χ1) is 21.0. The van der Waals surface area contributed by atoms with Crippen molar-refractivity contribution in [2.75, 3.05) is 19.8 Å². The Kier molecular flexibility index (Phi) is 16.8. The number of carbonyl (C=O) groups is 3. The van der Waals surface area contributed by atoms with Crippen LogP contribution in [0.15, 0.2) is 0 Å². The summed E-state index contributed by atoms with van der Waals surface area (Å²) in [5.41, 5.74) is -1.88. The third kappa shape index (κ3) is 14.2. The molecule has 0 aliphatic carbocycles. The van der Waals surface area contributed by atoms with Crippen LogP contribution in [-0.4, -0.2) is 98.7 Å². The molecule has 0 fully saturated rings. The maximum Gasteiger partial charge on any atom is 0.432 e. The van der Waals surface area contributed by atoms with Gasteiger partial charge >= 0.3 is 40.8 Å². The lowest BCUT2D eigenvalue weighted by atomic mass is 9.91. The van der Waals surface area contributed by atoms with Gasteiger partial charge in [0.15, 0.2) is 20.2 Å². The zero-order chi connectivity index (χ0) is 39.0. The molecule has 2 atom stereocenters. The Morgan fingerprint density at radius 1 is 0.604 bits per heavy atom. The van der Waals surface area contributed by atoms with Crippen LogP contribution >= 0.6 is 0 Å². The Morgan fingerprint density at radius 3 is 1.25 bits per heavy atom. The maximum absolute atomic E-state index is 13.1. The SMILES string of the molecule is CCC(C)(C)C(=O)OCCC(=O)OC(C(F)(F)F)C(F)(F)S(=O)(=O)[O-].CCC(C)(C)C(=O)OCCOC(C(F)(F)F)C(F)(F)S(=O)(=O)[O-]. The van der Waals surface area contributed by atoms with E-state index >= 15 is 0 Å². The number of hydrogen-bond acceptors (Lipinski definition) is 13. The molecule has 2 unspecified atom stereocenters. The number of hydrogen-bond donors (Lipinski definition) is 0. The predicted molar refractivity (Wildman–Crippen MR) is 136 cm³/mol. The van der Waals surface area contributed by atoms with E-state index < -0.39 is 110 Å². The van der Waals surface area contributed by atoms with Gasteiger partial charge in [-0.15, -0.1) is 0 Å². The highest BCUT2D eigenvalue weighted by Crippen LogP contribution is 2.39. The fourth-order valence-electron chi connectivity index (χ4n) is 2.37. The second-order valence-electron chi connectivity index (χ2n) is 10.7. The van der Waals surface area contributed by atoms with Crippen molar-refractivity contribution in [1.29, 1.82) is 0 Å². The molecule has 0 aromatic rings. The Hall–Kier alpha value is -2.51. The highest BCUT2D eigenvalue weighted by molar-refractivity contribution is 7.87. The van der Waals surface area contributed by atoms with Crippen LogP contribution < -0.4 is 0 Å². The van der Waals surface area contributed by atoms with Gasteiger partial charge in [0.1, 0.15) is 13.2 Å². The Labute approximate surface area is 268 Å². The molecule has 0 bridgehead atoms. The first-order valence-corrected chi connectivity index (χ1v) is 15.8. The van der Waals surface area contributed by atoms with Gasteiger partial charge in [0, 0.05) is 0 Å². The standard InChI is InChI=1S/C12H17F5O7S.C11H17F5O6S/c1-4-10(2,3)9(19)23-6-5-7(18)24-8(11(13,14)15)12(16,17)25(20,21)22;1-4-9(2,3)8(17)22-6-5-21-7(10(12,13)14)11(15,16)23(18,19)20/h8H,4-6H2,1-3H3,(H,20,21,22);7H,4-6H2,1-3H3,(H,18,19,20)/p-2. The molecule has 0 spiro atoms. The summed E-state index contributed by atoms with van der Waals surface area (Å²) in [5, 5.41) is -11.6. The second-order valence-corrected chi connectivity index (χ2v) is 13.6. The van der Waals surface area contributed by atoms with Crippen molar-refractivity contribution in [3.8, 4) is 0 Å². The molecule has 0 saturated heterocycles. The van der Waals surface area contributed by atoms with Crippen LogP contribution in [0.25, 0.3) is 0 Å². The van der Waals surface area contributed by atoms with Crippen LogP contribution in [0.4, 0.5) is 43.9 Å². The summed E-state index contributed by atoms with van der Waals surface area (Å²) in [6.45, 7) is 6.51. The molecule has 0 N–H and O–H groups in total. The predicted octanol–water partition coefficient (Wildman–Crippen LogP) is 4.02. The molecule has 13 nitrogen and oxygen atoms in total. The monoisotopic (exact) mass is 770 g/mol. The second kappa shape index (κ2) is 16.9. The van der Waals surface area contributed by atoms with Crippen LogP contribution in [0, 0.1) is 10.8 Å². The molecular formula is C23H32F10O13S2-2. The van der Waals surface area contributed by atoms with Crippen LogP contribution in [-0.2, 0) is 53.6 Å². The fourth-order valence-corrected chi connectivity index (χ4v) is 3.28. The third-order valence-electron chi connectivity index (χ3n) is 6.13. The number of esters is 3. The molecule has 0 aliphatic rings. The van der Waals surface area contributed by atoms with Gasteiger partial charge in [0.05, 0.1) is 23.9 Å². The summed E-state index contributed by atoms with van der Waals surface area (Å²) in [6.07, 6.45) is -20.8. The molecule has 0 radical (unpaired) electrons. The largest absolute Gasteiger partial charge is 0.743 e. The number of halogens is 10. The van der Waals surface area contributed by atoms with E-state index in [4.69, 9.17) is 0 Å². The summed E-state index contributed by atoms with van der Waals surface area (Å²) < 4.78 is 205. The van der Waals surface area contributed by atoms with Crippen molar-refractivity contribution in [2.24, 2.45) is 10.8 Å². The van der Waals surface area contributed by atoms with Crippen molar-refractivity contribution in [3.63, 3.8) is 0 Å². The lowest BCUT2D eigenvalue weighted by Crippen LogP contribution is -2.52. The highest BCUT2D eigenvalue weighted by Gasteiger charge is 2.63. The van der Waals surface area contributed by atoms with E-state index in [2.05, 4.69) is 18.9 Å². The van der Waals surface area contributed by atoms with Crippen LogP contribution in [0.1, 0.15) is 60.8 Å². The average Bonchev–Trinajstić information content (AvgIpc) is 2.88. The van der Waals surface area contributed by atoms with Gasteiger partial charge in [0.25, 0.3) is 6.10 Å². The van der Waals surface area contributed by atoms with Gasteiger partial charge in [-0.2, -0.15) is 43.9 Å². The molecule has 0 aromatic heterocycles. The molecule has 0 amide bonds. The van der Waals surface area contributed by atoms with Gasteiger partial charge in [0.2, 0.25) is 6.10 Å². The Morgan fingerprint density at radius 2 is 0.938 bits per heavy atom. The lowest BCUT2D eigenvalue weighted by molar-refractivity contribution is -0.266. The molecule has 0 aromatic carbocycles. The molecule has 0 rings (SSSR count). The molecule has 48 heavy (non-hydrogen) atoms. The van der Waals surface area contributed by atoms with Crippen molar-refractivity contribution in [3.05, 3.63) is 0 Å². The van der Waals surface area contributed by atoms with E-state index in [9.17, 15) is 84.2 Å². The molecule has 286 valence electrons. The maximum atomic E-state index is 13.1. The zero-order valence-corrected chi connectivity index (χ0v) is 27.4. The first kappa shape index (κ1) is 47.6. The van der Waals surface area contributed by atoms with E-state index in [0.29, 0.717) is 12.8 Å². The fraction of sp³-hybridized carbons (Fsp3) is 0.870. The van der Waals surface area contributed by atoms with Crippen LogP contribution in [0.5, 0.6) is 0 Å². The van der Waals surface area contributed by atoms with Gasteiger partial charge in [-0.1, -0.05) is 13.8 Å². The smallest absolute Gasteiger partial charge is 0.432 e. The lowest BCUT2D eigenvalue weighted by Gasteiger charge is -2.30. The van der Waals surface area contributed by atoms with Gasteiger partial charge < -0.3 is 28.1 Å². The minimum Gasteiger partial charge on any atom is -0.743 e. The van der Waals surface area contributed by atoms with Crippen LogP contribution in [0.2, 0.25) is 0 Å². The Bertz CT molecular complexity index is 1310. The summed E-state index contributed by atoms with van der Waals surface area (Å²) in [7, 11) is -13.4. The molecule has 0 aliphatic heterocycles. The minimum atomic E-state index is -6.75. The van der Waals surface area contributed by atoms with E-state index in [0.717, 1.165) is 0 Å². The summed E-state index contributed by atoms with van der Waals surface area (Å²) in [6, 6.07) is 0. The average molecular weight is 771 g/mol. The number of ether oxygens (including phenoxy) is 4. The topological polar surface area (TPSA) is 203 Å². The Balaban J connectivity index is 0. The number of rotatable bonds is 16. The number of carbonyl (C=O) groups excluding carboxylic acids is 3. The summed E-state index contributed by atoms with van der Waals surface area (Å²) >= 11 is 0. The van der Waals surface area contributed by atoms with Crippen LogP contribution in [0.3, 0.4) is 0 Å². The normalized spacial score (nSPS) is 15.0. The quantitative estimate of drug-likeness (QED) is 0.0717. The van der Waals surface area contributed by atoms with Crippen molar-refractivity contribution < 1.29 is 103 Å². The highest BCUT2D eigenvalue weighted by atomic mass is 32.2. The van der Waals surface area contributed by atoms with Crippen molar-refractivity contribution in [1.82, 2.24) is 0 Å². The van der Waals surface area contributed by atoms with Gasteiger partial charge in [-0.05, 0) is 40.5 Å². The van der Waals surface area contributed by atoms with Gasteiger partial charge in [-0.3, -0.25) is 14.4 Å². The van der Waals surface area contributed by atoms with Crippen molar-refractivity contribution >= 4 is 38.1 Å². The van der Waals surface area contributed by atoms with E-state index in [-0.39, 0.29) is 0 Å². The third-order valence-corrected chi connectivity index (χ3v) is 7.90. The van der Waals surface area contributed by atoms with E-state index in [1.54, 1.807) is 13.8 Å². The molecule has 0 heterocycles. The van der Waals surface area contributed by atoms with Crippen molar-refractivity contribution in [2.45, 2.75) is 95.9 Å². The van der Waals surface area contributed by atoms with E-state index in [1.807, 2.05) is 0 Å². The molecular weight excluding hydrogens is 738 g/mol. The molecule has 25 heteroatoms. The van der Waals surface area contributed by atoms with E-state index in [1.165, 1.54) is 27.7 Å². The van der Waals surface area contributed by atoms with Gasteiger partial charge in [-0.25, -0.2) is 16.8 Å².